The van der Waals surface area contributed by atoms with Gasteiger partial charge in [0, 0.05) is 27.8 Å². The Bertz CT molecular complexity index is 1010. The number of nitrogens with one attached hydrogen (secondary N) is 2. The van der Waals surface area contributed by atoms with Crippen LogP contribution in [0, 0.1) is 15.3 Å². The standard InChI is InChI=1S/C19H19IN4O2S/c1-12-3-6-14(11-16(12)20)21-17(25)9-10-24-18(22-23-19(24)27)13-4-7-15(26-2)8-5-13/h3-8,11H,9-10H2,1-2H3,(H,21,25)(H,23,27). The Morgan fingerprint density at radius 3 is 2.70 bits per heavy atom. The summed E-state index contributed by atoms with van der Waals surface area (Å²) in [6.45, 7) is 2.47. The van der Waals surface area contributed by atoms with Crippen molar-refractivity contribution in [2.45, 2.75) is 19.9 Å². The third-order valence-electron chi connectivity index (χ3n) is 4.12. The Morgan fingerprint density at radius 2 is 2.04 bits per heavy atom. The largest absolute Gasteiger partial charge is 0.497 e. The van der Waals surface area contributed by atoms with Crippen LogP contribution in [0.5, 0.6) is 5.75 Å². The number of nitrogens with zero attached hydrogens (tertiary/aromatic N) is 2. The number of amides is 1. The number of aromatic nitrogens is 3. The summed E-state index contributed by atoms with van der Waals surface area (Å²) < 4.78 is 8.61. The predicted octanol–water partition coefficient (Wildman–Crippen LogP) is 4.56. The van der Waals surface area contributed by atoms with E-state index < -0.39 is 0 Å². The summed E-state index contributed by atoms with van der Waals surface area (Å²) in [5, 5.41) is 10.0. The Labute approximate surface area is 176 Å². The molecule has 0 aliphatic carbocycles. The highest BCUT2D eigenvalue weighted by Crippen LogP contribution is 2.21. The van der Waals surface area contributed by atoms with E-state index in [1.54, 1.807) is 7.11 Å². The lowest BCUT2D eigenvalue weighted by Gasteiger charge is -2.09. The van der Waals surface area contributed by atoms with Gasteiger partial charge in [0.2, 0.25) is 5.91 Å². The number of aromatic amines is 1. The molecule has 2 aromatic carbocycles. The molecule has 0 unspecified atom stereocenters. The second kappa shape index (κ2) is 8.66. The van der Waals surface area contributed by atoms with Gasteiger partial charge in [0.15, 0.2) is 10.6 Å². The van der Waals surface area contributed by atoms with E-state index in [4.69, 9.17) is 17.0 Å². The predicted molar refractivity (Wildman–Crippen MR) is 117 cm³/mol. The molecule has 1 heterocycles. The number of benzene rings is 2. The summed E-state index contributed by atoms with van der Waals surface area (Å²) in [5.41, 5.74) is 2.88. The van der Waals surface area contributed by atoms with Crippen molar-refractivity contribution in [1.29, 1.82) is 0 Å². The molecule has 8 heteroatoms. The van der Waals surface area contributed by atoms with Crippen LogP contribution in [-0.4, -0.2) is 27.8 Å². The van der Waals surface area contributed by atoms with Gasteiger partial charge in [-0.2, -0.15) is 5.10 Å². The molecule has 0 aliphatic heterocycles. The van der Waals surface area contributed by atoms with Crippen molar-refractivity contribution in [2.24, 2.45) is 0 Å². The zero-order chi connectivity index (χ0) is 19.4. The first-order chi connectivity index (χ1) is 13.0. The fourth-order valence-electron chi connectivity index (χ4n) is 2.59. The van der Waals surface area contributed by atoms with E-state index in [2.05, 4.69) is 38.1 Å². The van der Waals surface area contributed by atoms with Crippen LogP contribution in [0.3, 0.4) is 0 Å². The molecule has 3 aromatic rings. The molecule has 0 aliphatic rings. The van der Waals surface area contributed by atoms with E-state index in [0.717, 1.165) is 20.6 Å². The Morgan fingerprint density at radius 1 is 1.30 bits per heavy atom. The zero-order valence-corrected chi connectivity index (χ0v) is 17.9. The molecule has 0 bridgehead atoms. The average molecular weight is 494 g/mol. The molecular formula is C19H19IN4O2S. The van der Waals surface area contributed by atoms with E-state index in [1.165, 1.54) is 5.56 Å². The summed E-state index contributed by atoms with van der Waals surface area (Å²) in [4.78, 5) is 12.3. The number of H-pyrrole nitrogens is 1. The third-order valence-corrected chi connectivity index (χ3v) is 5.60. The van der Waals surface area contributed by atoms with Crippen LogP contribution in [0.25, 0.3) is 11.4 Å². The van der Waals surface area contributed by atoms with Crippen LogP contribution in [0.2, 0.25) is 0 Å². The fourth-order valence-corrected chi connectivity index (χ4v) is 3.33. The van der Waals surface area contributed by atoms with Crippen molar-refractivity contribution in [1.82, 2.24) is 14.8 Å². The topological polar surface area (TPSA) is 71.9 Å². The molecule has 1 aromatic heterocycles. The lowest BCUT2D eigenvalue weighted by molar-refractivity contribution is -0.116. The van der Waals surface area contributed by atoms with Gasteiger partial charge in [-0.25, -0.2) is 0 Å². The summed E-state index contributed by atoms with van der Waals surface area (Å²) in [5.74, 6) is 1.39. The number of carbonyl (C=O) groups excluding carboxylic acids is 1. The van der Waals surface area contributed by atoms with E-state index in [0.29, 0.717) is 23.6 Å². The molecule has 27 heavy (non-hydrogen) atoms. The van der Waals surface area contributed by atoms with Crippen LogP contribution in [0.4, 0.5) is 5.69 Å². The third kappa shape index (κ3) is 4.75. The lowest BCUT2D eigenvalue weighted by atomic mass is 10.2. The van der Waals surface area contributed by atoms with Crippen LogP contribution < -0.4 is 10.1 Å². The van der Waals surface area contributed by atoms with Gasteiger partial charge in [-0.3, -0.25) is 14.5 Å². The molecule has 0 saturated carbocycles. The van der Waals surface area contributed by atoms with Gasteiger partial charge in [0.25, 0.3) is 0 Å². The Balaban J connectivity index is 1.70. The molecule has 2 N–H and O–H groups in total. The maximum Gasteiger partial charge on any atom is 0.226 e. The highest BCUT2D eigenvalue weighted by atomic mass is 127. The minimum atomic E-state index is -0.0709. The lowest BCUT2D eigenvalue weighted by Crippen LogP contribution is -2.15. The van der Waals surface area contributed by atoms with E-state index in [-0.39, 0.29) is 5.91 Å². The van der Waals surface area contributed by atoms with E-state index in [9.17, 15) is 4.79 Å². The van der Waals surface area contributed by atoms with Gasteiger partial charge in [-0.05, 0) is 83.7 Å². The zero-order valence-electron chi connectivity index (χ0n) is 15.0. The summed E-state index contributed by atoms with van der Waals surface area (Å²) in [6.07, 6.45) is 0.293. The second-order valence-electron chi connectivity index (χ2n) is 5.99. The van der Waals surface area contributed by atoms with Gasteiger partial charge in [-0.1, -0.05) is 6.07 Å². The quantitative estimate of drug-likeness (QED) is 0.390. The van der Waals surface area contributed by atoms with Gasteiger partial charge >= 0.3 is 0 Å². The highest BCUT2D eigenvalue weighted by Gasteiger charge is 2.11. The summed E-state index contributed by atoms with van der Waals surface area (Å²) in [7, 11) is 1.62. The summed E-state index contributed by atoms with van der Waals surface area (Å²) in [6, 6.07) is 13.4. The first-order valence-electron chi connectivity index (χ1n) is 8.33. The molecule has 0 saturated heterocycles. The van der Waals surface area contributed by atoms with Gasteiger partial charge in [0.1, 0.15) is 5.75 Å². The van der Waals surface area contributed by atoms with Crippen molar-refractivity contribution >= 4 is 46.4 Å². The second-order valence-corrected chi connectivity index (χ2v) is 7.54. The number of hydrogen-bond donors (Lipinski definition) is 2. The average Bonchev–Trinajstić information content (AvgIpc) is 3.03. The van der Waals surface area contributed by atoms with Crippen molar-refractivity contribution in [3.63, 3.8) is 0 Å². The maximum atomic E-state index is 12.3. The molecule has 140 valence electrons. The highest BCUT2D eigenvalue weighted by molar-refractivity contribution is 14.1. The van der Waals surface area contributed by atoms with Crippen molar-refractivity contribution in [3.05, 3.63) is 56.4 Å². The van der Waals surface area contributed by atoms with Crippen LogP contribution >= 0.6 is 34.8 Å². The number of anilines is 1. The number of hydrogen-bond acceptors (Lipinski definition) is 4. The van der Waals surface area contributed by atoms with Crippen molar-refractivity contribution < 1.29 is 9.53 Å². The normalized spacial score (nSPS) is 10.6. The monoisotopic (exact) mass is 494 g/mol. The van der Waals surface area contributed by atoms with E-state index in [1.807, 2.05) is 54.0 Å². The van der Waals surface area contributed by atoms with Crippen molar-refractivity contribution in [2.75, 3.05) is 12.4 Å². The molecule has 0 radical (unpaired) electrons. The van der Waals surface area contributed by atoms with Crippen LogP contribution in [0.15, 0.2) is 42.5 Å². The number of ether oxygens (including phenoxy) is 1. The summed E-state index contributed by atoms with van der Waals surface area (Å²) >= 11 is 7.58. The number of rotatable bonds is 6. The smallest absolute Gasteiger partial charge is 0.226 e. The number of carbonyl (C=O) groups is 1. The molecule has 0 fully saturated rings. The molecule has 0 spiro atoms. The van der Waals surface area contributed by atoms with Crippen molar-refractivity contribution in [3.8, 4) is 17.1 Å². The first kappa shape index (κ1) is 19.6. The fraction of sp³-hybridized carbons (Fsp3) is 0.211. The van der Waals surface area contributed by atoms with Gasteiger partial charge in [0.05, 0.1) is 7.11 Å². The molecule has 3 rings (SSSR count). The minimum Gasteiger partial charge on any atom is -0.497 e. The maximum absolute atomic E-state index is 12.3. The molecular weight excluding hydrogens is 475 g/mol. The van der Waals surface area contributed by atoms with Crippen LogP contribution in [-0.2, 0) is 11.3 Å². The number of methoxy groups -OCH3 is 1. The van der Waals surface area contributed by atoms with Crippen LogP contribution in [0.1, 0.15) is 12.0 Å². The molecule has 0 atom stereocenters. The number of aryl methyl sites for hydroxylation is 1. The number of halogens is 1. The Hall–Kier alpha value is -2.20. The molecule has 6 nitrogen and oxygen atoms in total. The minimum absolute atomic E-state index is 0.0709. The van der Waals surface area contributed by atoms with Gasteiger partial charge < -0.3 is 10.1 Å². The Kier molecular flexibility index (Phi) is 6.27. The SMILES string of the molecule is COc1ccc(-c2n[nH]c(=S)n2CCC(=O)Nc2ccc(C)c(I)c2)cc1. The molecule has 1 amide bonds. The van der Waals surface area contributed by atoms with Gasteiger partial charge in [-0.15, -0.1) is 0 Å². The first-order valence-corrected chi connectivity index (χ1v) is 9.82. The van der Waals surface area contributed by atoms with E-state index >= 15 is 0 Å².